The van der Waals surface area contributed by atoms with Gasteiger partial charge in [-0.25, -0.2) is 4.79 Å². The van der Waals surface area contributed by atoms with Gasteiger partial charge in [-0.05, 0) is 6.07 Å². The molecule has 0 saturated carbocycles. The van der Waals surface area contributed by atoms with Crippen LogP contribution in [0.5, 0.6) is 0 Å². The number of rotatable bonds is 2. The van der Waals surface area contributed by atoms with Gasteiger partial charge in [0, 0.05) is 31.7 Å². The Morgan fingerprint density at radius 3 is 3.05 bits per heavy atom. The molecule has 0 spiro atoms. The zero-order chi connectivity index (χ0) is 13.4. The van der Waals surface area contributed by atoms with E-state index in [9.17, 15) is 9.90 Å². The maximum absolute atomic E-state index is 11.6. The van der Waals surface area contributed by atoms with Crippen LogP contribution in [0.1, 0.15) is 5.56 Å². The van der Waals surface area contributed by atoms with Gasteiger partial charge in [0.2, 0.25) is 0 Å². The number of halogens is 1. The molecular weight excluding hydrogens is 266 g/mol. The van der Waals surface area contributed by atoms with Gasteiger partial charge >= 0.3 is 6.03 Å². The summed E-state index contributed by atoms with van der Waals surface area (Å²) in [5, 5.41) is 12.9. The number of aliphatic hydroxyl groups excluding tert-OH is 1. The normalized spacial score (nSPS) is 22.4. The number of carbonyl (C=O) groups excluding carboxylic acids is 1. The summed E-state index contributed by atoms with van der Waals surface area (Å²) < 4.78 is 0. The van der Waals surface area contributed by atoms with Crippen molar-refractivity contribution >= 4 is 23.3 Å². The molecule has 1 atom stereocenters. The third kappa shape index (κ3) is 2.13. The molecule has 102 valence electrons. The molecule has 2 aliphatic rings. The zero-order valence-electron chi connectivity index (χ0n) is 10.5. The van der Waals surface area contributed by atoms with Crippen LogP contribution in [0.2, 0.25) is 5.02 Å². The highest BCUT2D eigenvalue weighted by Crippen LogP contribution is 2.32. The molecule has 1 aromatic carbocycles. The number of hydrogen-bond acceptors (Lipinski definition) is 3. The molecule has 1 aromatic rings. The number of nitrogens with one attached hydrogen (secondary N) is 1. The van der Waals surface area contributed by atoms with Crippen molar-refractivity contribution in [3.8, 4) is 0 Å². The molecular formula is C13H16ClN3O2. The Balaban J connectivity index is 1.86. The fourth-order valence-electron chi connectivity index (χ4n) is 2.85. The van der Waals surface area contributed by atoms with Gasteiger partial charge in [-0.3, -0.25) is 0 Å². The largest absolute Gasteiger partial charge is 0.392 e. The Morgan fingerprint density at radius 2 is 2.26 bits per heavy atom. The average molecular weight is 282 g/mol. The smallest absolute Gasteiger partial charge is 0.317 e. The molecule has 0 aliphatic carbocycles. The molecule has 0 aromatic heterocycles. The molecule has 6 heteroatoms. The van der Waals surface area contributed by atoms with Crippen molar-refractivity contribution in [2.24, 2.45) is 0 Å². The summed E-state index contributed by atoms with van der Waals surface area (Å²) in [6, 6.07) is 5.76. The molecule has 2 N–H and O–H groups in total. The van der Waals surface area contributed by atoms with E-state index < -0.39 is 0 Å². The van der Waals surface area contributed by atoms with Gasteiger partial charge in [-0.2, -0.15) is 0 Å². The SMILES string of the molecule is O=C1NCC2CN(c3c(Cl)cccc3CO)CCN12. The molecule has 3 rings (SSSR count). The first-order chi connectivity index (χ1) is 9.20. The molecule has 2 saturated heterocycles. The summed E-state index contributed by atoms with van der Waals surface area (Å²) >= 11 is 6.26. The molecule has 2 heterocycles. The molecule has 19 heavy (non-hydrogen) atoms. The van der Waals surface area contributed by atoms with Crippen LogP contribution in [0, 0.1) is 0 Å². The van der Waals surface area contributed by atoms with Gasteiger partial charge in [0.15, 0.2) is 0 Å². The van der Waals surface area contributed by atoms with Crippen molar-refractivity contribution in [3.63, 3.8) is 0 Å². The summed E-state index contributed by atoms with van der Waals surface area (Å²) in [5.74, 6) is 0. The van der Waals surface area contributed by atoms with E-state index in [1.807, 2.05) is 23.1 Å². The molecule has 1 unspecified atom stereocenters. The van der Waals surface area contributed by atoms with E-state index in [0.717, 1.165) is 24.3 Å². The maximum atomic E-state index is 11.6. The minimum atomic E-state index is -0.0298. The summed E-state index contributed by atoms with van der Waals surface area (Å²) in [6.45, 7) is 2.81. The van der Waals surface area contributed by atoms with Crippen LogP contribution in [0.25, 0.3) is 0 Å². The average Bonchev–Trinajstić information content (AvgIpc) is 2.79. The van der Waals surface area contributed by atoms with E-state index in [2.05, 4.69) is 10.2 Å². The lowest BCUT2D eigenvalue weighted by Gasteiger charge is -2.38. The summed E-state index contributed by atoms with van der Waals surface area (Å²) in [4.78, 5) is 15.6. The third-order valence-corrected chi connectivity index (χ3v) is 4.09. The highest BCUT2D eigenvalue weighted by atomic mass is 35.5. The fraction of sp³-hybridized carbons (Fsp3) is 0.462. The predicted octanol–water partition coefficient (Wildman–Crippen LogP) is 1.05. The molecule has 5 nitrogen and oxygen atoms in total. The lowest BCUT2D eigenvalue weighted by Crippen LogP contribution is -2.52. The van der Waals surface area contributed by atoms with E-state index in [-0.39, 0.29) is 18.7 Å². The van der Waals surface area contributed by atoms with Crippen molar-refractivity contribution in [1.29, 1.82) is 0 Å². The third-order valence-electron chi connectivity index (χ3n) is 3.79. The highest BCUT2D eigenvalue weighted by Gasteiger charge is 2.36. The number of hydrogen-bond donors (Lipinski definition) is 2. The Labute approximate surface area is 116 Å². The van der Waals surface area contributed by atoms with Crippen LogP contribution in [0.4, 0.5) is 10.5 Å². The van der Waals surface area contributed by atoms with E-state index in [1.165, 1.54) is 0 Å². The Hall–Kier alpha value is -1.46. The lowest BCUT2D eigenvalue weighted by molar-refractivity contribution is 0.197. The van der Waals surface area contributed by atoms with Crippen LogP contribution in [0.15, 0.2) is 18.2 Å². The van der Waals surface area contributed by atoms with Crippen molar-refractivity contribution in [3.05, 3.63) is 28.8 Å². The molecule has 0 radical (unpaired) electrons. The summed E-state index contributed by atoms with van der Waals surface area (Å²) in [5.41, 5.74) is 1.73. The second kappa shape index (κ2) is 4.90. The number of nitrogens with zero attached hydrogens (tertiary/aromatic N) is 2. The van der Waals surface area contributed by atoms with Gasteiger partial charge in [0.05, 0.1) is 23.4 Å². The number of carbonyl (C=O) groups is 1. The quantitative estimate of drug-likeness (QED) is 0.852. The first kappa shape index (κ1) is 12.6. The van der Waals surface area contributed by atoms with Crippen molar-refractivity contribution in [2.45, 2.75) is 12.6 Å². The van der Waals surface area contributed by atoms with E-state index in [0.29, 0.717) is 18.1 Å². The first-order valence-corrected chi connectivity index (χ1v) is 6.76. The van der Waals surface area contributed by atoms with Crippen molar-refractivity contribution < 1.29 is 9.90 Å². The highest BCUT2D eigenvalue weighted by molar-refractivity contribution is 6.33. The number of urea groups is 1. The first-order valence-electron chi connectivity index (χ1n) is 6.38. The second-order valence-electron chi connectivity index (χ2n) is 4.88. The Kier molecular flexibility index (Phi) is 3.24. The predicted molar refractivity (Wildman–Crippen MR) is 73.5 cm³/mol. The zero-order valence-corrected chi connectivity index (χ0v) is 11.2. The standard InChI is InChI=1S/C13H16ClN3O2/c14-11-3-1-2-9(8-18)12(11)16-4-5-17-10(7-16)6-15-13(17)19/h1-3,10,18H,4-8H2,(H,15,19). The number of fused-ring (bicyclic) bond motifs is 1. The maximum Gasteiger partial charge on any atom is 0.317 e. The monoisotopic (exact) mass is 281 g/mol. The number of piperazine rings is 1. The minimum absolute atomic E-state index is 0.0196. The molecule has 0 bridgehead atoms. The molecule has 2 aliphatic heterocycles. The minimum Gasteiger partial charge on any atom is -0.392 e. The van der Waals surface area contributed by atoms with Crippen LogP contribution in [0.3, 0.4) is 0 Å². The number of benzene rings is 1. The van der Waals surface area contributed by atoms with E-state index in [4.69, 9.17) is 11.6 Å². The van der Waals surface area contributed by atoms with Crippen LogP contribution in [-0.4, -0.2) is 48.3 Å². The van der Waals surface area contributed by atoms with Gasteiger partial charge < -0.3 is 20.2 Å². The number of para-hydroxylation sites is 1. The topological polar surface area (TPSA) is 55.8 Å². The molecule has 2 amide bonds. The van der Waals surface area contributed by atoms with Gasteiger partial charge in [0.1, 0.15) is 0 Å². The Morgan fingerprint density at radius 1 is 1.42 bits per heavy atom. The van der Waals surface area contributed by atoms with E-state index >= 15 is 0 Å². The molecule has 2 fully saturated rings. The van der Waals surface area contributed by atoms with Gasteiger partial charge in [-0.15, -0.1) is 0 Å². The van der Waals surface area contributed by atoms with Crippen LogP contribution >= 0.6 is 11.6 Å². The van der Waals surface area contributed by atoms with E-state index in [1.54, 1.807) is 0 Å². The second-order valence-corrected chi connectivity index (χ2v) is 5.29. The van der Waals surface area contributed by atoms with Crippen LogP contribution in [-0.2, 0) is 6.61 Å². The summed E-state index contributed by atoms with van der Waals surface area (Å²) in [6.07, 6.45) is 0. The van der Waals surface area contributed by atoms with Crippen LogP contribution < -0.4 is 10.2 Å². The Bertz CT molecular complexity index is 509. The number of amides is 2. The number of aliphatic hydroxyl groups is 1. The van der Waals surface area contributed by atoms with Gasteiger partial charge in [-0.1, -0.05) is 23.7 Å². The van der Waals surface area contributed by atoms with Crippen molar-refractivity contribution in [1.82, 2.24) is 10.2 Å². The summed E-state index contributed by atoms with van der Waals surface area (Å²) in [7, 11) is 0. The van der Waals surface area contributed by atoms with Crippen molar-refractivity contribution in [2.75, 3.05) is 31.1 Å². The fourth-order valence-corrected chi connectivity index (χ4v) is 3.16. The van der Waals surface area contributed by atoms with Gasteiger partial charge in [0.25, 0.3) is 0 Å². The lowest BCUT2D eigenvalue weighted by atomic mass is 10.1. The number of anilines is 1.